The van der Waals surface area contributed by atoms with Crippen molar-refractivity contribution in [1.82, 2.24) is 5.32 Å². The van der Waals surface area contributed by atoms with Crippen molar-refractivity contribution >= 4 is 0 Å². The second-order valence-corrected chi connectivity index (χ2v) is 6.25. The van der Waals surface area contributed by atoms with Crippen molar-refractivity contribution < 1.29 is 4.39 Å². The third kappa shape index (κ3) is 3.17. The van der Waals surface area contributed by atoms with Gasteiger partial charge in [-0.2, -0.15) is 0 Å². The second-order valence-electron chi connectivity index (χ2n) is 6.25. The van der Waals surface area contributed by atoms with Gasteiger partial charge in [0.1, 0.15) is 5.82 Å². The minimum Gasteiger partial charge on any atom is -0.313 e. The van der Waals surface area contributed by atoms with Crippen molar-refractivity contribution in [3.05, 3.63) is 34.6 Å². The number of halogens is 1. The lowest BCUT2D eigenvalue weighted by molar-refractivity contribution is 0.238. The highest BCUT2D eigenvalue weighted by atomic mass is 19.1. The Morgan fingerprint density at radius 2 is 1.63 bits per heavy atom. The zero-order valence-electron chi connectivity index (χ0n) is 12.6. The van der Waals surface area contributed by atoms with Crippen LogP contribution in [0.1, 0.15) is 55.3 Å². The van der Waals surface area contributed by atoms with Crippen molar-refractivity contribution in [3.8, 4) is 0 Å². The summed E-state index contributed by atoms with van der Waals surface area (Å²) in [5, 5.41) is 3.45. The Morgan fingerprint density at radius 3 is 2.11 bits per heavy atom. The predicted molar refractivity (Wildman–Crippen MR) is 78.8 cm³/mol. The first-order chi connectivity index (χ1) is 9.02. The molecule has 1 N–H and O–H groups in total. The smallest absolute Gasteiger partial charge is 0.129 e. The molecule has 1 unspecified atom stereocenters. The van der Waals surface area contributed by atoms with Crippen molar-refractivity contribution in [2.24, 2.45) is 11.8 Å². The summed E-state index contributed by atoms with van der Waals surface area (Å²) in [5.74, 6) is 1.49. The number of hydrogen-bond donors (Lipinski definition) is 1. The predicted octanol–water partition coefficient (Wildman–Crippen LogP) is 4.53. The normalized spacial score (nSPS) is 25.3. The molecule has 1 aliphatic rings. The van der Waals surface area contributed by atoms with E-state index in [0.717, 1.165) is 17.0 Å². The maximum absolute atomic E-state index is 13.8. The first kappa shape index (κ1) is 14.5. The molecule has 2 heteroatoms. The molecule has 0 amide bonds. The molecule has 106 valence electrons. The maximum Gasteiger partial charge on any atom is 0.129 e. The molecule has 19 heavy (non-hydrogen) atoms. The number of aryl methyl sites for hydroxylation is 2. The van der Waals surface area contributed by atoms with Gasteiger partial charge in [0.15, 0.2) is 0 Å². The SMILES string of the molecule is CNC(c1cc(C)c(F)c(C)c1)C1CCC(C)CC1. The van der Waals surface area contributed by atoms with E-state index in [1.807, 2.05) is 33.0 Å². The molecule has 0 saturated heterocycles. The topological polar surface area (TPSA) is 12.0 Å². The molecule has 1 aromatic carbocycles. The van der Waals surface area contributed by atoms with Crippen LogP contribution in [0.5, 0.6) is 0 Å². The molecule has 1 aliphatic carbocycles. The maximum atomic E-state index is 13.8. The average molecular weight is 263 g/mol. The standard InChI is InChI=1S/C17H26FN/c1-11-5-7-14(8-6-11)17(19-4)15-9-12(2)16(18)13(3)10-15/h9-11,14,17,19H,5-8H2,1-4H3. The molecule has 0 aromatic heterocycles. The lowest BCUT2D eigenvalue weighted by Gasteiger charge is -2.33. The van der Waals surface area contributed by atoms with E-state index in [1.165, 1.54) is 31.2 Å². The molecule has 1 atom stereocenters. The van der Waals surface area contributed by atoms with Crippen molar-refractivity contribution in [2.75, 3.05) is 7.05 Å². The zero-order valence-corrected chi connectivity index (χ0v) is 12.6. The van der Waals surface area contributed by atoms with Gasteiger partial charge in [-0.05, 0) is 62.3 Å². The highest BCUT2D eigenvalue weighted by Crippen LogP contribution is 2.37. The van der Waals surface area contributed by atoms with Crippen LogP contribution >= 0.6 is 0 Å². The van der Waals surface area contributed by atoms with Crippen molar-refractivity contribution in [2.45, 2.75) is 52.5 Å². The summed E-state index contributed by atoms with van der Waals surface area (Å²) >= 11 is 0. The molecule has 0 aliphatic heterocycles. The third-order valence-corrected chi connectivity index (χ3v) is 4.66. The lowest BCUT2D eigenvalue weighted by atomic mass is 9.77. The molecule has 0 bridgehead atoms. The van der Waals surface area contributed by atoms with Crippen LogP contribution in [0.3, 0.4) is 0 Å². The van der Waals surface area contributed by atoms with Crippen molar-refractivity contribution in [1.29, 1.82) is 0 Å². The highest BCUT2D eigenvalue weighted by molar-refractivity contribution is 5.32. The molecule has 0 spiro atoms. The van der Waals surface area contributed by atoms with E-state index in [4.69, 9.17) is 0 Å². The molecule has 0 radical (unpaired) electrons. The van der Waals surface area contributed by atoms with E-state index in [1.54, 1.807) is 0 Å². The minimum atomic E-state index is -0.0594. The molecule has 1 aromatic rings. The van der Waals surface area contributed by atoms with Crippen LogP contribution in [-0.4, -0.2) is 7.05 Å². The van der Waals surface area contributed by atoms with Crippen molar-refractivity contribution in [3.63, 3.8) is 0 Å². The Bertz CT molecular complexity index is 410. The van der Waals surface area contributed by atoms with Crippen LogP contribution in [0.15, 0.2) is 12.1 Å². The zero-order chi connectivity index (χ0) is 14.0. The van der Waals surface area contributed by atoms with Crippen LogP contribution in [0.4, 0.5) is 4.39 Å². The fourth-order valence-corrected chi connectivity index (χ4v) is 3.45. The van der Waals surface area contributed by atoms with Crippen LogP contribution in [0.2, 0.25) is 0 Å². The molecule has 1 nitrogen and oxygen atoms in total. The fraction of sp³-hybridized carbons (Fsp3) is 0.647. The lowest BCUT2D eigenvalue weighted by Crippen LogP contribution is -2.28. The summed E-state index contributed by atoms with van der Waals surface area (Å²) < 4.78 is 13.8. The molecule has 2 rings (SSSR count). The highest BCUT2D eigenvalue weighted by Gasteiger charge is 2.26. The Hall–Kier alpha value is -0.890. The molecular weight excluding hydrogens is 237 g/mol. The Morgan fingerprint density at radius 1 is 1.11 bits per heavy atom. The van der Waals surface area contributed by atoms with E-state index in [2.05, 4.69) is 12.2 Å². The minimum absolute atomic E-state index is 0.0594. The van der Waals surface area contributed by atoms with Gasteiger partial charge in [-0.15, -0.1) is 0 Å². The van der Waals surface area contributed by atoms with Gasteiger partial charge in [0, 0.05) is 6.04 Å². The van der Waals surface area contributed by atoms with Gasteiger partial charge in [0.2, 0.25) is 0 Å². The van der Waals surface area contributed by atoms with Gasteiger partial charge >= 0.3 is 0 Å². The van der Waals surface area contributed by atoms with Crippen LogP contribution in [0, 0.1) is 31.5 Å². The van der Waals surface area contributed by atoms with E-state index in [9.17, 15) is 4.39 Å². The van der Waals surface area contributed by atoms with E-state index < -0.39 is 0 Å². The van der Waals surface area contributed by atoms with Gasteiger partial charge in [-0.25, -0.2) is 4.39 Å². The van der Waals surface area contributed by atoms with Crippen LogP contribution in [0.25, 0.3) is 0 Å². The molecule has 1 fully saturated rings. The summed E-state index contributed by atoms with van der Waals surface area (Å²) in [4.78, 5) is 0. The Labute approximate surface area is 116 Å². The van der Waals surface area contributed by atoms with E-state index in [0.29, 0.717) is 12.0 Å². The van der Waals surface area contributed by atoms with E-state index in [-0.39, 0.29) is 5.82 Å². The largest absolute Gasteiger partial charge is 0.313 e. The Balaban J connectivity index is 2.22. The summed E-state index contributed by atoms with van der Waals surface area (Å²) in [6.07, 6.45) is 5.20. The van der Waals surface area contributed by atoms with Crippen LogP contribution in [-0.2, 0) is 0 Å². The first-order valence-electron chi connectivity index (χ1n) is 7.46. The fourth-order valence-electron chi connectivity index (χ4n) is 3.45. The van der Waals surface area contributed by atoms with E-state index >= 15 is 0 Å². The summed E-state index contributed by atoms with van der Waals surface area (Å²) in [7, 11) is 2.02. The third-order valence-electron chi connectivity index (χ3n) is 4.66. The number of rotatable bonds is 3. The molecular formula is C17H26FN. The Kier molecular flexibility index (Phi) is 4.62. The number of hydrogen-bond acceptors (Lipinski definition) is 1. The summed E-state index contributed by atoms with van der Waals surface area (Å²) in [6.45, 7) is 6.07. The first-order valence-corrected chi connectivity index (χ1v) is 7.46. The summed E-state index contributed by atoms with van der Waals surface area (Å²) in [5.41, 5.74) is 2.78. The van der Waals surface area contributed by atoms with Gasteiger partial charge < -0.3 is 5.32 Å². The van der Waals surface area contributed by atoms with Gasteiger partial charge in [-0.3, -0.25) is 0 Å². The quantitative estimate of drug-likeness (QED) is 0.845. The van der Waals surface area contributed by atoms with Gasteiger partial charge in [0.25, 0.3) is 0 Å². The molecule has 0 heterocycles. The number of benzene rings is 1. The average Bonchev–Trinajstić information content (AvgIpc) is 2.39. The van der Waals surface area contributed by atoms with Gasteiger partial charge in [0.05, 0.1) is 0 Å². The van der Waals surface area contributed by atoms with Crippen LogP contribution < -0.4 is 5.32 Å². The monoisotopic (exact) mass is 263 g/mol. The number of nitrogens with one attached hydrogen (secondary N) is 1. The molecule has 1 saturated carbocycles. The van der Waals surface area contributed by atoms with Gasteiger partial charge in [-0.1, -0.05) is 31.9 Å². The second kappa shape index (κ2) is 6.04. The summed E-state index contributed by atoms with van der Waals surface area (Å²) in [6, 6.07) is 4.40.